The number of carbonyl (C=O) groups excluding carboxylic acids is 2. The van der Waals surface area contributed by atoms with Crippen molar-refractivity contribution in [1.82, 2.24) is 20.3 Å². The van der Waals surface area contributed by atoms with Gasteiger partial charge in [0.05, 0.1) is 11.7 Å². The second-order valence-electron chi connectivity index (χ2n) is 7.51. The maximum absolute atomic E-state index is 13.5. The molecule has 3 aromatic rings. The third kappa shape index (κ3) is 3.74. The van der Waals surface area contributed by atoms with E-state index in [2.05, 4.69) is 10.5 Å². The van der Waals surface area contributed by atoms with Crippen LogP contribution in [0.4, 0.5) is 9.18 Å². The number of aromatic nitrogens is 1. The van der Waals surface area contributed by atoms with E-state index in [-0.39, 0.29) is 29.6 Å². The predicted octanol–water partition coefficient (Wildman–Crippen LogP) is 3.41. The monoisotopic (exact) mass is 414 g/mol. The quantitative estimate of drug-likeness (QED) is 0.709. The van der Waals surface area contributed by atoms with Gasteiger partial charge in [0.25, 0.3) is 5.91 Å². The number of piperazine rings is 1. The SMILES string of the molecule is Cc1cc(C(=O)N2CCN(C(=O)NC(C)c3oc4ccc(F)cc4c3C)CC2)on1. The Hall–Kier alpha value is -3.36. The van der Waals surface area contributed by atoms with Crippen molar-refractivity contribution in [2.75, 3.05) is 26.2 Å². The Balaban J connectivity index is 1.37. The highest BCUT2D eigenvalue weighted by atomic mass is 19.1. The third-order valence-corrected chi connectivity index (χ3v) is 5.36. The Bertz CT molecular complexity index is 1100. The van der Waals surface area contributed by atoms with Crippen LogP contribution in [-0.4, -0.2) is 53.1 Å². The minimum atomic E-state index is -0.384. The summed E-state index contributed by atoms with van der Waals surface area (Å²) < 4.78 is 24.4. The molecule has 9 heteroatoms. The van der Waals surface area contributed by atoms with E-state index in [0.29, 0.717) is 48.6 Å². The molecule has 1 fully saturated rings. The van der Waals surface area contributed by atoms with E-state index in [1.54, 1.807) is 28.9 Å². The van der Waals surface area contributed by atoms with Crippen molar-refractivity contribution in [3.8, 4) is 0 Å². The first kappa shape index (κ1) is 19.9. The van der Waals surface area contributed by atoms with Gasteiger partial charge in [0, 0.05) is 43.2 Å². The number of nitrogens with zero attached hydrogens (tertiary/aromatic N) is 3. The molecule has 4 rings (SSSR count). The van der Waals surface area contributed by atoms with Crippen LogP contribution in [0, 0.1) is 19.7 Å². The molecule has 3 amide bonds. The Morgan fingerprint density at radius 1 is 1.13 bits per heavy atom. The lowest BCUT2D eigenvalue weighted by atomic mass is 10.1. The summed E-state index contributed by atoms with van der Waals surface area (Å²) in [7, 11) is 0. The topological polar surface area (TPSA) is 91.8 Å². The summed E-state index contributed by atoms with van der Waals surface area (Å²) in [5, 5.41) is 7.36. The first-order valence-electron chi connectivity index (χ1n) is 9.80. The lowest BCUT2D eigenvalue weighted by Crippen LogP contribution is -2.53. The Morgan fingerprint density at radius 2 is 1.83 bits per heavy atom. The van der Waals surface area contributed by atoms with Gasteiger partial charge in [-0.15, -0.1) is 0 Å². The molecule has 0 saturated carbocycles. The Labute approximate surface area is 172 Å². The molecule has 1 N–H and O–H groups in total. The van der Waals surface area contributed by atoms with E-state index in [1.165, 1.54) is 12.1 Å². The zero-order valence-corrected chi connectivity index (χ0v) is 17.1. The summed E-state index contributed by atoms with van der Waals surface area (Å²) in [4.78, 5) is 28.4. The van der Waals surface area contributed by atoms with Gasteiger partial charge in [-0.1, -0.05) is 5.16 Å². The number of hydrogen-bond donors (Lipinski definition) is 1. The van der Waals surface area contributed by atoms with Gasteiger partial charge in [-0.05, 0) is 39.0 Å². The molecule has 1 saturated heterocycles. The highest BCUT2D eigenvalue weighted by Gasteiger charge is 2.28. The summed E-state index contributed by atoms with van der Waals surface area (Å²) in [5.41, 5.74) is 2.03. The fraction of sp³-hybridized carbons (Fsp3) is 0.381. The maximum Gasteiger partial charge on any atom is 0.318 e. The smallest absolute Gasteiger partial charge is 0.318 e. The first-order chi connectivity index (χ1) is 14.3. The van der Waals surface area contributed by atoms with Crippen LogP contribution in [0.15, 0.2) is 33.2 Å². The van der Waals surface area contributed by atoms with Gasteiger partial charge in [-0.2, -0.15) is 0 Å². The fourth-order valence-corrected chi connectivity index (χ4v) is 3.70. The number of halogens is 1. The van der Waals surface area contributed by atoms with E-state index in [1.807, 2.05) is 13.8 Å². The lowest BCUT2D eigenvalue weighted by molar-refractivity contribution is 0.0623. The molecule has 158 valence electrons. The molecule has 1 aliphatic rings. The largest absolute Gasteiger partial charge is 0.459 e. The summed E-state index contributed by atoms with van der Waals surface area (Å²) in [6.07, 6.45) is 0. The lowest BCUT2D eigenvalue weighted by Gasteiger charge is -2.34. The summed E-state index contributed by atoms with van der Waals surface area (Å²) >= 11 is 0. The van der Waals surface area contributed by atoms with Crippen molar-refractivity contribution in [1.29, 1.82) is 0 Å². The zero-order chi connectivity index (χ0) is 21.4. The minimum Gasteiger partial charge on any atom is -0.459 e. The average molecular weight is 414 g/mol. The number of rotatable bonds is 3. The number of carbonyl (C=O) groups is 2. The van der Waals surface area contributed by atoms with Gasteiger partial charge in [0.1, 0.15) is 17.2 Å². The number of furan rings is 1. The number of benzene rings is 1. The second kappa shape index (κ2) is 7.81. The first-order valence-corrected chi connectivity index (χ1v) is 9.80. The van der Waals surface area contributed by atoms with E-state index in [0.717, 1.165) is 5.56 Å². The van der Waals surface area contributed by atoms with Crippen LogP contribution in [0.5, 0.6) is 0 Å². The highest BCUT2D eigenvalue weighted by molar-refractivity contribution is 5.91. The molecule has 8 nitrogen and oxygen atoms in total. The predicted molar refractivity (Wildman–Crippen MR) is 107 cm³/mol. The zero-order valence-electron chi connectivity index (χ0n) is 17.1. The molecule has 0 radical (unpaired) electrons. The van der Waals surface area contributed by atoms with E-state index in [4.69, 9.17) is 8.94 Å². The average Bonchev–Trinajstić information content (AvgIpc) is 3.31. The van der Waals surface area contributed by atoms with Crippen LogP contribution in [0.1, 0.15) is 40.5 Å². The van der Waals surface area contributed by atoms with Crippen LogP contribution >= 0.6 is 0 Å². The number of hydrogen-bond acceptors (Lipinski definition) is 5. The van der Waals surface area contributed by atoms with E-state index < -0.39 is 0 Å². The van der Waals surface area contributed by atoms with Crippen LogP contribution in [0.3, 0.4) is 0 Å². The van der Waals surface area contributed by atoms with Gasteiger partial charge in [0.15, 0.2) is 0 Å². The summed E-state index contributed by atoms with van der Waals surface area (Å²) in [5.74, 6) is 0.242. The molecule has 1 unspecified atom stereocenters. The minimum absolute atomic E-state index is 0.204. The van der Waals surface area contributed by atoms with Crippen molar-refractivity contribution in [3.05, 3.63) is 52.9 Å². The molecule has 1 atom stereocenters. The number of nitrogens with one attached hydrogen (secondary N) is 1. The fourth-order valence-electron chi connectivity index (χ4n) is 3.70. The van der Waals surface area contributed by atoms with Crippen molar-refractivity contribution in [2.45, 2.75) is 26.8 Å². The summed E-state index contributed by atoms with van der Waals surface area (Å²) in [6.45, 7) is 7.05. The Kier molecular flexibility index (Phi) is 5.19. The maximum atomic E-state index is 13.5. The van der Waals surface area contributed by atoms with Crippen molar-refractivity contribution >= 4 is 22.9 Å². The normalized spacial score (nSPS) is 15.5. The van der Waals surface area contributed by atoms with E-state index in [9.17, 15) is 14.0 Å². The number of aryl methyl sites for hydroxylation is 2. The third-order valence-electron chi connectivity index (χ3n) is 5.36. The number of urea groups is 1. The van der Waals surface area contributed by atoms with Gasteiger partial charge in [-0.25, -0.2) is 9.18 Å². The van der Waals surface area contributed by atoms with Crippen molar-refractivity contribution in [3.63, 3.8) is 0 Å². The van der Waals surface area contributed by atoms with Crippen LogP contribution in [-0.2, 0) is 0 Å². The second-order valence-corrected chi connectivity index (χ2v) is 7.51. The molecule has 0 spiro atoms. The standard InChI is InChI=1S/C21H23FN4O4/c1-12-10-18(30-24-12)20(27)25-6-8-26(9-7-25)21(28)23-14(3)19-13(2)16-11-15(22)4-5-17(16)29-19/h4-5,10-11,14H,6-9H2,1-3H3,(H,23,28). The van der Waals surface area contributed by atoms with Gasteiger partial charge in [-0.3, -0.25) is 4.79 Å². The molecule has 0 bridgehead atoms. The molecular weight excluding hydrogens is 391 g/mol. The molecule has 0 aliphatic carbocycles. The van der Waals surface area contributed by atoms with E-state index >= 15 is 0 Å². The van der Waals surface area contributed by atoms with Crippen molar-refractivity contribution < 1.29 is 22.9 Å². The molecule has 30 heavy (non-hydrogen) atoms. The molecule has 2 aromatic heterocycles. The molecule has 1 aliphatic heterocycles. The molecular formula is C21H23FN4O4. The highest BCUT2D eigenvalue weighted by Crippen LogP contribution is 2.30. The van der Waals surface area contributed by atoms with Gasteiger partial charge < -0.3 is 24.1 Å². The number of amides is 3. The molecule has 1 aromatic carbocycles. The van der Waals surface area contributed by atoms with Gasteiger partial charge in [0.2, 0.25) is 5.76 Å². The van der Waals surface area contributed by atoms with Crippen molar-refractivity contribution in [2.24, 2.45) is 0 Å². The van der Waals surface area contributed by atoms with Crippen LogP contribution < -0.4 is 5.32 Å². The van der Waals surface area contributed by atoms with Crippen LogP contribution in [0.25, 0.3) is 11.0 Å². The number of fused-ring (bicyclic) bond motifs is 1. The molecule has 3 heterocycles. The summed E-state index contributed by atoms with van der Waals surface area (Å²) in [6, 6.07) is 5.34. The van der Waals surface area contributed by atoms with Crippen LogP contribution in [0.2, 0.25) is 0 Å². The van der Waals surface area contributed by atoms with Gasteiger partial charge >= 0.3 is 6.03 Å². The Morgan fingerprint density at radius 3 is 2.50 bits per heavy atom.